The van der Waals surface area contributed by atoms with Crippen LogP contribution in [-0.2, 0) is 15.8 Å². The number of rotatable bonds is 6. The van der Waals surface area contributed by atoms with Crippen molar-refractivity contribution in [1.29, 1.82) is 0 Å². The van der Waals surface area contributed by atoms with Crippen LogP contribution in [0.25, 0.3) is 10.9 Å². The summed E-state index contributed by atoms with van der Waals surface area (Å²) in [5.41, 5.74) is 1.09. The molecule has 2 aromatic carbocycles. The summed E-state index contributed by atoms with van der Waals surface area (Å²) in [7, 11) is -0.720. The fraction of sp³-hybridized carbons (Fsp3) is 0.176. The molecule has 0 saturated carbocycles. The van der Waals surface area contributed by atoms with E-state index in [2.05, 4.69) is 14.7 Å². The zero-order valence-electron chi connectivity index (χ0n) is 14.1. The minimum Gasteiger partial charge on any atom is -0.493 e. The largest absolute Gasteiger partial charge is 0.493 e. The number of fused-ring (bicyclic) bond motifs is 1. The van der Waals surface area contributed by atoms with Gasteiger partial charge in [0.1, 0.15) is 0 Å². The van der Waals surface area contributed by atoms with Crippen LogP contribution in [-0.4, -0.2) is 32.6 Å². The molecule has 0 atom stereocenters. The number of halogens is 1. The third-order valence-electron chi connectivity index (χ3n) is 3.63. The van der Waals surface area contributed by atoms with Crippen LogP contribution in [0.15, 0.2) is 42.5 Å². The zero-order valence-corrected chi connectivity index (χ0v) is 15.6. The molecule has 0 spiro atoms. The summed E-state index contributed by atoms with van der Waals surface area (Å²) in [6, 6.07) is 12.1. The van der Waals surface area contributed by atoms with Crippen molar-refractivity contribution in [2.75, 3.05) is 18.9 Å². The number of ether oxygens (including phenoxy) is 2. The highest BCUT2D eigenvalue weighted by atomic mass is 35.5. The van der Waals surface area contributed by atoms with Crippen molar-refractivity contribution in [3.8, 4) is 11.5 Å². The summed E-state index contributed by atoms with van der Waals surface area (Å²) < 4.78 is 38.0. The molecule has 0 unspecified atom stereocenters. The number of benzene rings is 2. The van der Waals surface area contributed by atoms with E-state index in [9.17, 15) is 8.42 Å². The van der Waals surface area contributed by atoms with E-state index in [1.165, 1.54) is 14.2 Å². The van der Waals surface area contributed by atoms with Crippen LogP contribution in [0.2, 0.25) is 5.28 Å². The number of sulfonamides is 1. The van der Waals surface area contributed by atoms with Crippen LogP contribution < -0.4 is 14.2 Å². The van der Waals surface area contributed by atoms with Crippen LogP contribution >= 0.6 is 11.6 Å². The molecule has 136 valence electrons. The Balaban J connectivity index is 2.03. The predicted molar refractivity (Wildman–Crippen MR) is 100 cm³/mol. The van der Waals surface area contributed by atoms with Crippen LogP contribution in [0.3, 0.4) is 0 Å². The minimum absolute atomic E-state index is 0.0804. The summed E-state index contributed by atoms with van der Waals surface area (Å²) in [6.07, 6.45) is 0. The second-order valence-corrected chi connectivity index (χ2v) is 7.47. The molecule has 0 fully saturated rings. The van der Waals surface area contributed by atoms with Gasteiger partial charge in [-0.2, -0.15) is 4.98 Å². The van der Waals surface area contributed by atoms with Crippen molar-refractivity contribution in [3.63, 3.8) is 0 Å². The van der Waals surface area contributed by atoms with Gasteiger partial charge in [-0.25, -0.2) is 13.4 Å². The van der Waals surface area contributed by atoms with E-state index >= 15 is 0 Å². The summed E-state index contributed by atoms with van der Waals surface area (Å²) in [5, 5.41) is 0.366. The second-order valence-electron chi connectivity index (χ2n) is 5.41. The van der Waals surface area contributed by atoms with Crippen LogP contribution in [0.1, 0.15) is 5.56 Å². The van der Waals surface area contributed by atoms with Gasteiger partial charge in [0, 0.05) is 11.5 Å². The van der Waals surface area contributed by atoms with E-state index in [-0.39, 0.29) is 16.9 Å². The Morgan fingerprint density at radius 1 is 1.04 bits per heavy atom. The third kappa shape index (κ3) is 3.97. The lowest BCUT2D eigenvalue weighted by atomic mass is 10.2. The molecule has 1 N–H and O–H groups in total. The van der Waals surface area contributed by atoms with Crippen LogP contribution in [0, 0.1) is 0 Å². The van der Waals surface area contributed by atoms with Crippen molar-refractivity contribution in [1.82, 2.24) is 9.97 Å². The first kappa shape index (κ1) is 18.2. The lowest BCUT2D eigenvalue weighted by Crippen LogP contribution is -2.16. The maximum atomic E-state index is 12.5. The van der Waals surface area contributed by atoms with Gasteiger partial charge in [0.25, 0.3) is 0 Å². The first-order valence-corrected chi connectivity index (χ1v) is 9.58. The number of hydrogen-bond donors (Lipinski definition) is 1. The number of nitrogens with zero attached hydrogens (tertiary/aromatic N) is 2. The van der Waals surface area contributed by atoms with Gasteiger partial charge in [-0.1, -0.05) is 30.3 Å². The Bertz CT molecular complexity index is 1040. The van der Waals surface area contributed by atoms with E-state index < -0.39 is 10.0 Å². The van der Waals surface area contributed by atoms with Gasteiger partial charge in [0.2, 0.25) is 15.3 Å². The average molecular weight is 394 g/mol. The Morgan fingerprint density at radius 2 is 1.69 bits per heavy atom. The highest BCUT2D eigenvalue weighted by molar-refractivity contribution is 7.91. The molecule has 0 aliphatic heterocycles. The molecule has 1 heterocycles. The van der Waals surface area contributed by atoms with E-state index in [4.69, 9.17) is 21.1 Å². The molecule has 7 nitrogen and oxygen atoms in total. The van der Waals surface area contributed by atoms with Gasteiger partial charge in [-0.05, 0) is 23.2 Å². The average Bonchev–Trinajstić information content (AvgIpc) is 2.60. The molecule has 0 amide bonds. The lowest BCUT2D eigenvalue weighted by Gasteiger charge is -2.13. The molecule has 3 rings (SSSR count). The predicted octanol–water partition coefficient (Wildman–Crippen LogP) is 3.24. The molecular weight excluding hydrogens is 378 g/mol. The quantitative estimate of drug-likeness (QED) is 0.646. The van der Waals surface area contributed by atoms with Crippen molar-refractivity contribution in [2.45, 2.75) is 5.75 Å². The van der Waals surface area contributed by atoms with Gasteiger partial charge in [-0.15, -0.1) is 0 Å². The summed E-state index contributed by atoms with van der Waals surface area (Å²) in [5.74, 6) is 0.767. The first-order valence-electron chi connectivity index (χ1n) is 7.55. The molecule has 26 heavy (non-hydrogen) atoms. The van der Waals surface area contributed by atoms with E-state index in [1.807, 2.05) is 6.07 Å². The molecule has 3 aromatic rings. The standard InChI is InChI=1S/C17H16ClN3O4S/c1-24-14-8-12-13(9-15(14)25-2)19-17(18)20-16(12)21-26(22,23)10-11-6-4-3-5-7-11/h3-9H,10H2,1-2H3,(H,19,20,21). The van der Waals surface area contributed by atoms with Crippen molar-refractivity contribution in [3.05, 3.63) is 53.3 Å². The van der Waals surface area contributed by atoms with Crippen molar-refractivity contribution in [2.24, 2.45) is 0 Å². The first-order chi connectivity index (χ1) is 12.4. The molecule has 0 aliphatic carbocycles. The van der Waals surface area contributed by atoms with E-state index in [0.29, 0.717) is 28.0 Å². The van der Waals surface area contributed by atoms with Crippen molar-refractivity contribution >= 4 is 38.3 Å². The van der Waals surface area contributed by atoms with Crippen LogP contribution in [0.5, 0.6) is 11.5 Å². The molecule has 0 saturated heterocycles. The molecule has 0 aliphatic rings. The minimum atomic E-state index is -3.70. The fourth-order valence-corrected chi connectivity index (χ4v) is 3.81. The van der Waals surface area contributed by atoms with Gasteiger partial charge in [0.05, 0.1) is 25.5 Å². The van der Waals surface area contributed by atoms with Gasteiger partial charge in [-0.3, -0.25) is 4.72 Å². The zero-order chi connectivity index (χ0) is 18.7. The van der Waals surface area contributed by atoms with Gasteiger partial charge in [0.15, 0.2) is 17.3 Å². The summed E-state index contributed by atoms with van der Waals surface area (Å²) in [4.78, 5) is 8.14. The molecule has 9 heteroatoms. The normalized spacial score (nSPS) is 11.3. The van der Waals surface area contributed by atoms with Crippen molar-refractivity contribution < 1.29 is 17.9 Å². The Hall–Kier alpha value is -2.58. The maximum absolute atomic E-state index is 12.5. The highest BCUT2D eigenvalue weighted by Crippen LogP contribution is 2.34. The number of aromatic nitrogens is 2. The molecule has 1 aromatic heterocycles. The molecule has 0 radical (unpaired) electrons. The SMILES string of the molecule is COc1cc2nc(Cl)nc(NS(=O)(=O)Cc3ccccc3)c2cc1OC. The monoisotopic (exact) mass is 393 g/mol. The number of hydrogen-bond acceptors (Lipinski definition) is 6. The molecule has 0 bridgehead atoms. The summed E-state index contributed by atoms with van der Waals surface area (Å²) >= 11 is 5.95. The van der Waals surface area contributed by atoms with Crippen LogP contribution in [0.4, 0.5) is 5.82 Å². The Kier molecular flexibility index (Phi) is 5.15. The highest BCUT2D eigenvalue weighted by Gasteiger charge is 2.18. The smallest absolute Gasteiger partial charge is 0.238 e. The lowest BCUT2D eigenvalue weighted by molar-refractivity contribution is 0.356. The third-order valence-corrected chi connectivity index (χ3v) is 5.01. The van der Waals surface area contributed by atoms with Gasteiger partial charge >= 0.3 is 0 Å². The number of methoxy groups -OCH3 is 2. The second kappa shape index (κ2) is 7.35. The van der Waals surface area contributed by atoms with Gasteiger partial charge < -0.3 is 9.47 Å². The Labute approximate surface area is 156 Å². The topological polar surface area (TPSA) is 90.4 Å². The van der Waals surface area contributed by atoms with E-state index in [1.54, 1.807) is 36.4 Å². The number of nitrogens with one attached hydrogen (secondary N) is 1. The fourth-order valence-electron chi connectivity index (χ4n) is 2.48. The van der Waals surface area contributed by atoms with E-state index in [0.717, 1.165) is 0 Å². The number of anilines is 1. The Morgan fingerprint density at radius 3 is 2.35 bits per heavy atom. The molecular formula is C17H16ClN3O4S. The summed E-state index contributed by atoms with van der Waals surface area (Å²) in [6.45, 7) is 0. The maximum Gasteiger partial charge on any atom is 0.238 e.